The Kier molecular flexibility index (Phi) is 9.65. The minimum Gasteiger partial charge on any atom is -0.449 e. The molecular formula is C64H41N3O2. The van der Waals surface area contributed by atoms with Gasteiger partial charge in [0.25, 0.3) is 0 Å². The molecule has 10 aromatic carbocycles. The summed E-state index contributed by atoms with van der Waals surface area (Å²) in [6.07, 6.45) is 0. The first-order chi connectivity index (χ1) is 34.2. The lowest BCUT2D eigenvalue weighted by molar-refractivity contribution is 0.361. The van der Waals surface area contributed by atoms with Crippen LogP contribution in [-0.2, 0) is 5.41 Å². The lowest BCUT2D eigenvalue weighted by atomic mass is 9.68. The Balaban J connectivity index is 0.950. The highest BCUT2D eigenvalue weighted by Gasteiger charge is 2.48. The minimum absolute atomic E-state index is 0.545. The smallest absolute Gasteiger partial charge is 0.178 e. The van der Waals surface area contributed by atoms with Crippen LogP contribution in [-0.4, -0.2) is 15.0 Å². The van der Waals surface area contributed by atoms with Crippen molar-refractivity contribution >= 4 is 0 Å². The average Bonchev–Trinajstić information content (AvgIpc) is 3.75. The van der Waals surface area contributed by atoms with Gasteiger partial charge in [-0.05, 0) is 79.9 Å². The molecule has 0 radical (unpaired) electrons. The van der Waals surface area contributed by atoms with Crippen molar-refractivity contribution in [3.63, 3.8) is 0 Å². The van der Waals surface area contributed by atoms with E-state index in [1.54, 1.807) is 0 Å². The predicted molar refractivity (Wildman–Crippen MR) is 276 cm³/mol. The quantitative estimate of drug-likeness (QED) is 0.152. The van der Waals surface area contributed by atoms with Gasteiger partial charge < -0.3 is 9.47 Å². The number of para-hydroxylation sites is 1. The van der Waals surface area contributed by atoms with Crippen LogP contribution < -0.4 is 9.47 Å². The number of hydrogen-bond acceptors (Lipinski definition) is 5. The number of ether oxygens (including phenoxy) is 2. The van der Waals surface area contributed by atoms with Gasteiger partial charge >= 0.3 is 0 Å². The zero-order valence-corrected chi connectivity index (χ0v) is 37.3. The number of hydrogen-bond donors (Lipinski definition) is 0. The number of aromatic nitrogens is 3. The van der Waals surface area contributed by atoms with Gasteiger partial charge in [-0.25, -0.2) is 15.0 Å². The van der Waals surface area contributed by atoms with Crippen LogP contribution in [0.2, 0.25) is 0 Å². The van der Waals surface area contributed by atoms with Crippen LogP contribution in [0.5, 0.6) is 23.0 Å². The van der Waals surface area contributed by atoms with Crippen molar-refractivity contribution in [1.82, 2.24) is 15.0 Å². The maximum Gasteiger partial charge on any atom is 0.178 e. The lowest BCUT2D eigenvalue weighted by Crippen LogP contribution is -2.28. The Labute approximate surface area is 400 Å². The van der Waals surface area contributed by atoms with Crippen LogP contribution in [0.3, 0.4) is 0 Å². The Morgan fingerprint density at radius 3 is 1.32 bits per heavy atom. The Hall–Kier alpha value is -9.19. The summed E-state index contributed by atoms with van der Waals surface area (Å²) in [6, 6.07) is 86.5. The molecule has 69 heavy (non-hydrogen) atoms. The van der Waals surface area contributed by atoms with E-state index in [0.717, 1.165) is 66.8 Å². The molecule has 324 valence electrons. The normalized spacial score (nSPS) is 12.7. The molecule has 0 bridgehead atoms. The molecule has 5 nitrogen and oxygen atoms in total. The third-order valence-electron chi connectivity index (χ3n) is 13.5. The molecule has 0 fully saturated rings. The molecule has 0 atom stereocenters. The predicted octanol–water partition coefficient (Wildman–Crippen LogP) is 16.1. The van der Waals surface area contributed by atoms with Crippen molar-refractivity contribution in [2.45, 2.75) is 5.41 Å². The van der Waals surface area contributed by atoms with Crippen molar-refractivity contribution in [2.75, 3.05) is 0 Å². The van der Waals surface area contributed by atoms with E-state index in [9.17, 15) is 0 Å². The van der Waals surface area contributed by atoms with Crippen LogP contribution in [0.15, 0.2) is 249 Å². The molecule has 11 aromatic rings. The summed E-state index contributed by atoms with van der Waals surface area (Å²) < 4.78 is 14.2. The van der Waals surface area contributed by atoms with Gasteiger partial charge in [-0.2, -0.15) is 0 Å². The summed E-state index contributed by atoms with van der Waals surface area (Å²) in [5.74, 6) is 4.31. The SMILES string of the molecule is c1ccc(-c2cccc(-c3nc(-c4cccc(-c5ccccc5)c4)nc(-c4ccccc4-c4cccc5c4Oc4ccc6c(c4O5)-c4ccccc4C6(c4ccccc4)c4ccccc4)n3)c2)cc1. The molecule has 0 unspecified atom stereocenters. The van der Waals surface area contributed by atoms with E-state index in [1.165, 1.54) is 16.7 Å². The molecule has 13 rings (SSSR count). The van der Waals surface area contributed by atoms with Gasteiger partial charge in [0.2, 0.25) is 0 Å². The molecule has 2 heterocycles. The van der Waals surface area contributed by atoms with Crippen LogP contribution in [0.4, 0.5) is 0 Å². The molecule has 0 amide bonds. The van der Waals surface area contributed by atoms with Crippen LogP contribution >= 0.6 is 0 Å². The second-order valence-corrected chi connectivity index (χ2v) is 17.4. The highest BCUT2D eigenvalue weighted by atomic mass is 16.6. The van der Waals surface area contributed by atoms with Crippen molar-refractivity contribution in [3.8, 4) is 102 Å². The van der Waals surface area contributed by atoms with Crippen molar-refractivity contribution in [2.24, 2.45) is 0 Å². The van der Waals surface area contributed by atoms with Crippen LogP contribution in [0.1, 0.15) is 22.3 Å². The lowest BCUT2D eigenvalue weighted by Gasteiger charge is -2.34. The number of fused-ring (bicyclic) bond motifs is 6. The zero-order chi connectivity index (χ0) is 45.7. The van der Waals surface area contributed by atoms with Gasteiger partial charge in [-0.1, -0.05) is 224 Å². The fourth-order valence-corrected chi connectivity index (χ4v) is 10.4. The van der Waals surface area contributed by atoms with E-state index < -0.39 is 5.41 Å². The molecule has 0 N–H and O–H groups in total. The van der Waals surface area contributed by atoms with Gasteiger partial charge in [-0.15, -0.1) is 0 Å². The standard InChI is InChI=1S/C64H41N3O2/c1-5-20-42(21-6-1)44-24-17-26-46(40-44)61-65-62(47-27-18-25-45(41-47)43-22-7-2-8-23-43)67-63(66-61)52-33-14-13-32-50(52)51-35-19-37-56-59(51)68-57-39-38-55-58(60(57)69-56)53-34-15-16-36-54(53)64(55,48-28-9-3-10-29-48)49-30-11-4-12-31-49/h1-41H. The summed E-state index contributed by atoms with van der Waals surface area (Å²) in [5.41, 5.74) is 15.1. The number of rotatable bonds is 8. The van der Waals surface area contributed by atoms with Crippen molar-refractivity contribution < 1.29 is 9.47 Å². The summed E-state index contributed by atoms with van der Waals surface area (Å²) in [5, 5.41) is 0. The molecule has 5 heteroatoms. The minimum atomic E-state index is -0.568. The monoisotopic (exact) mass is 883 g/mol. The first-order valence-electron chi connectivity index (χ1n) is 23.3. The summed E-state index contributed by atoms with van der Waals surface area (Å²) in [4.78, 5) is 15.8. The first-order valence-corrected chi connectivity index (χ1v) is 23.3. The van der Waals surface area contributed by atoms with Crippen molar-refractivity contribution in [3.05, 3.63) is 271 Å². The van der Waals surface area contributed by atoms with Crippen LogP contribution in [0, 0.1) is 0 Å². The number of nitrogens with zero attached hydrogens (tertiary/aromatic N) is 3. The molecule has 2 aliphatic rings. The maximum absolute atomic E-state index is 7.13. The Morgan fingerprint density at radius 2 is 0.710 bits per heavy atom. The third-order valence-corrected chi connectivity index (χ3v) is 13.5. The third kappa shape index (κ3) is 6.74. The second-order valence-electron chi connectivity index (χ2n) is 17.4. The molecule has 1 aromatic heterocycles. The second kappa shape index (κ2) is 16.6. The summed E-state index contributed by atoms with van der Waals surface area (Å²) in [7, 11) is 0. The molecule has 0 spiro atoms. The van der Waals surface area contributed by atoms with Gasteiger partial charge in [-0.3, -0.25) is 0 Å². The van der Waals surface area contributed by atoms with E-state index in [-0.39, 0.29) is 0 Å². The van der Waals surface area contributed by atoms with Gasteiger partial charge in [0, 0.05) is 27.8 Å². The van der Waals surface area contributed by atoms with E-state index in [1.807, 2.05) is 36.4 Å². The van der Waals surface area contributed by atoms with Gasteiger partial charge in [0.05, 0.1) is 5.41 Å². The van der Waals surface area contributed by atoms with Crippen LogP contribution in [0.25, 0.3) is 78.7 Å². The van der Waals surface area contributed by atoms with E-state index >= 15 is 0 Å². The molecule has 0 saturated carbocycles. The Morgan fingerprint density at radius 1 is 0.275 bits per heavy atom. The fraction of sp³-hybridized carbons (Fsp3) is 0.0156. The van der Waals surface area contributed by atoms with E-state index in [4.69, 9.17) is 24.4 Å². The summed E-state index contributed by atoms with van der Waals surface area (Å²) >= 11 is 0. The highest BCUT2D eigenvalue weighted by molar-refractivity contribution is 5.93. The van der Waals surface area contributed by atoms with Gasteiger partial charge in [0.15, 0.2) is 40.5 Å². The molecule has 1 aliphatic carbocycles. The first kappa shape index (κ1) is 40.1. The van der Waals surface area contributed by atoms with Crippen molar-refractivity contribution in [1.29, 1.82) is 0 Å². The highest BCUT2D eigenvalue weighted by Crippen LogP contribution is 2.63. The molecule has 1 aliphatic heterocycles. The average molecular weight is 884 g/mol. The summed E-state index contributed by atoms with van der Waals surface area (Å²) in [6.45, 7) is 0. The molecule has 0 saturated heterocycles. The van der Waals surface area contributed by atoms with E-state index in [2.05, 4.69) is 212 Å². The number of benzene rings is 10. The largest absolute Gasteiger partial charge is 0.449 e. The fourth-order valence-electron chi connectivity index (χ4n) is 10.4. The Bertz CT molecular complexity index is 3580. The zero-order valence-electron chi connectivity index (χ0n) is 37.3. The van der Waals surface area contributed by atoms with Gasteiger partial charge in [0.1, 0.15) is 0 Å². The topological polar surface area (TPSA) is 57.1 Å². The maximum atomic E-state index is 7.13. The molecular weight excluding hydrogens is 843 g/mol. The van der Waals surface area contributed by atoms with E-state index in [0.29, 0.717) is 40.5 Å².